The van der Waals surface area contributed by atoms with E-state index in [0.717, 1.165) is 12.4 Å². The summed E-state index contributed by atoms with van der Waals surface area (Å²) < 4.78 is 44.3. The van der Waals surface area contributed by atoms with E-state index in [1.54, 1.807) is 0 Å². The lowest BCUT2D eigenvalue weighted by Crippen LogP contribution is -2.04. The fourth-order valence-corrected chi connectivity index (χ4v) is 2.26. The Morgan fingerprint density at radius 3 is 2.60 bits per heavy atom. The molecule has 0 atom stereocenters. The van der Waals surface area contributed by atoms with Gasteiger partial charge in [0.2, 0.25) is 5.95 Å². The molecule has 0 unspecified atom stereocenters. The molecule has 0 aliphatic heterocycles. The minimum absolute atomic E-state index is 0.201. The average Bonchev–Trinajstić information content (AvgIpc) is 2.37. The SMILES string of the molecule is CNc1cc(Nc2cc(F)ncn2)ccc1S(=O)(=O)O. The number of hydrogen-bond donors (Lipinski definition) is 3. The molecule has 2 aromatic rings. The van der Waals surface area contributed by atoms with E-state index in [9.17, 15) is 12.8 Å². The fourth-order valence-electron chi connectivity index (χ4n) is 1.58. The lowest BCUT2D eigenvalue weighted by atomic mass is 10.2. The Balaban J connectivity index is 2.35. The molecule has 0 bridgehead atoms. The van der Waals surface area contributed by atoms with Crippen LogP contribution in [-0.4, -0.2) is 30.0 Å². The summed E-state index contributed by atoms with van der Waals surface area (Å²) in [6.45, 7) is 0. The van der Waals surface area contributed by atoms with Gasteiger partial charge in [-0.3, -0.25) is 4.55 Å². The van der Waals surface area contributed by atoms with E-state index in [2.05, 4.69) is 20.6 Å². The van der Waals surface area contributed by atoms with E-state index in [0.29, 0.717) is 5.69 Å². The Morgan fingerprint density at radius 2 is 2.00 bits per heavy atom. The summed E-state index contributed by atoms with van der Waals surface area (Å²) in [5.41, 5.74) is 0.673. The zero-order valence-corrected chi connectivity index (χ0v) is 11.1. The molecule has 0 fully saturated rings. The van der Waals surface area contributed by atoms with Crippen LogP contribution in [0.3, 0.4) is 0 Å². The van der Waals surface area contributed by atoms with Crippen LogP contribution in [0.2, 0.25) is 0 Å². The molecule has 0 radical (unpaired) electrons. The molecule has 1 aromatic heterocycles. The topological polar surface area (TPSA) is 104 Å². The van der Waals surface area contributed by atoms with Crippen LogP contribution in [0.4, 0.5) is 21.6 Å². The Labute approximate surface area is 114 Å². The van der Waals surface area contributed by atoms with Gasteiger partial charge in [0, 0.05) is 18.8 Å². The van der Waals surface area contributed by atoms with Crippen LogP contribution in [-0.2, 0) is 10.1 Å². The number of aromatic nitrogens is 2. The fraction of sp³-hybridized carbons (Fsp3) is 0.0909. The first-order chi connectivity index (χ1) is 9.40. The quantitative estimate of drug-likeness (QED) is 0.582. The second kappa shape index (κ2) is 5.39. The maximum atomic E-state index is 12.9. The Kier molecular flexibility index (Phi) is 3.81. The van der Waals surface area contributed by atoms with Crippen molar-refractivity contribution < 1.29 is 17.4 Å². The van der Waals surface area contributed by atoms with Gasteiger partial charge in [-0.2, -0.15) is 12.8 Å². The molecule has 1 heterocycles. The molecule has 20 heavy (non-hydrogen) atoms. The first-order valence-electron chi connectivity index (χ1n) is 5.44. The largest absolute Gasteiger partial charge is 0.387 e. The summed E-state index contributed by atoms with van der Waals surface area (Å²) in [5, 5.41) is 5.44. The summed E-state index contributed by atoms with van der Waals surface area (Å²) in [6, 6.07) is 5.18. The summed E-state index contributed by atoms with van der Waals surface area (Å²) >= 11 is 0. The van der Waals surface area contributed by atoms with Gasteiger partial charge >= 0.3 is 0 Å². The number of halogens is 1. The molecule has 3 N–H and O–H groups in total. The van der Waals surface area contributed by atoms with Gasteiger partial charge in [0.05, 0.1) is 5.69 Å². The first kappa shape index (κ1) is 14.2. The van der Waals surface area contributed by atoms with Crippen molar-refractivity contribution in [2.24, 2.45) is 0 Å². The molecular formula is C11H11FN4O3S. The van der Waals surface area contributed by atoms with Gasteiger partial charge in [-0.05, 0) is 18.2 Å². The number of nitrogens with zero attached hydrogens (tertiary/aromatic N) is 2. The molecule has 0 aliphatic rings. The van der Waals surface area contributed by atoms with E-state index in [1.807, 2.05) is 0 Å². The molecule has 0 amide bonds. The molecule has 0 saturated heterocycles. The predicted molar refractivity (Wildman–Crippen MR) is 71.1 cm³/mol. The summed E-state index contributed by atoms with van der Waals surface area (Å²) in [4.78, 5) is 6.88. The number of rotatable bonds is 4. The lowest BCUT2D eigenvalue weighted by molar-refractivity contribution is 0.483. The molecule has 0 aliphatic carbocycles. The number of hydrogen-bond acceptors (Lipinski definition) is 6. The van der Waals surface area contributed by atoms with Gasteiger partial charge in [-0.1, -0.05) is 0 Å². The van der Waals surface area contributed by atoms with Gasteiger partial charge in [-0.15, -0.1) is 0 Å². The predicted octanol–water partition coefficient (Wildman–Crippen LogP) is 1.65. The van der Waals surface area contributed by atoms with Crippen molar-refractivity contribution in [1.29, 1.82) is 0 Å². The molecule has 1 aromatic carbocycles. The highest BCUT2D eigenvalue weighted by Gasteiger charge is 2.15. The zero-order chi connectivity index (χ0) is 14.8. The third kappa shape index (κ3) is 3.19. The molecule has 0 saturated carbocycles. The highest BCUT2D eigenvalue weighted by Crippen LogP contribution is 2.26. The second-order valence-corrected chi connectivity index (χ2v) is 5.18. The van der Waals surface area contributed by atoms with Crippen LogP contribution < -0.4 is 10.6 Å². The summed E-state index contributed by atoms with van der Waals surface area (Å²) in [7, 11) is -2.81. The third-order valence-electron chi connectivity index (χ3n) is 2.43. The normalized spacial score (nSPS) is 11.2. The van der Waals surface area contributed by atoms with Crippen LogP contribution >= 0.6 is 0 Å². The van der Waals surface area contributed by atoms with Gasteiger partial charge in [0.25, 0.3) is 10.1 Å². The van der Waals surface area contributed by atoms with Crippen molar-refractivity contribution in [3.8, 4) is 0 Å². The number of nitrogens with one attached hydrogen (secondary N) is 2. The van der Waals surface area contributed by atoms with Crippen molar-refractivity contribution in [2.75, 3.05) is 17.7 Å². The van der Waals surface area contributed by atoms with Crippen LogP contribution in [0.5, 0.6) is 0 Å². The Bertz CT molecular complexity index is 736. The third-order valence-corrected chi connectivity index (χ3v) is 3.34. The van der Waals surface area contributed by atoms with Crippen molar-refractivity contribution in [2.45, 2.75) is 4.90 Å². The smallest absolute Gasteiger partial charge is 0.296 e. The summed E-state index contributed by atoms with van der Waals surface area (Å²) in [5.74, 6) is -0.468. The van der Waals surface area contributed by atoms with E-state index in [1.165, 1.54) is 25.2 Å². The highest BCUT2D eigenvalue weighted by molar-refractivity contribution is 7.86. The molecule has 0 spiro atoms. The van der Waals surface area contributed by atoms with Crippen molar-refractivity contribution >= 4 is 27.3 Å². The van der Waals surface area contributed by atoms with Gasteiger partial charge in [0.1, 0.15) is 17.0 Å². The lowest BCUT2D eigenvalue weighted by Gasteiger charge is -2.10. The maximum absolute atomic E-state index is 12.9. The second-order valence-electron chi connectivity index (χ2n) is 3.79. The molecule has 106 valence electrons. The number of benzene rings is 1. The van der Waals surface area contributed by atoms with Crippen LogP contribution in [0, 0.1) is 5.95 Å². The number of anilines is 3. The van der Waals surface area contributed by atoms with E-state index in [4.69, 9.17) is 4.55 Å². The Hall–Kier alpha value is -2.26. The van der Waals surface area contributed by atoms with Gasteiger partial charge < -0.3 is 10.6 Å². The van der Waals surface area contributed by atoms with Crippen molar-refractivity contribution in [3.05, 3.63) is 36.5 Å². The molecular weight excluding hydrogens is 287 g/mol. The zero-order valence-electron chi connectivity index (χ0n) is 10.3. The maximum Gasteiger partial charge on any atom is 0.296 e. The van der Waals surface area contributed by atoms with Crippen LogP contribution in [0.25, 0.3) is 0 Å². The van der Waals surface area contributed by atoms with Crippen molar-refractivity contribution in [1.82, 2.24) is 9.97 Å². The van der Waals surface area contributed by atoms with Crippen LogP contribution in [0.15, 0.2) is 35.5 Å². The van der Waals surface area contributed by atoms with Gasteiger partial charge in [0.15, 0.2) is 0 Å². The minimum atomic E-state index is -4.32. The van der Waals surface area contributed by atoms with Gasteiger partial charge in [-0.25, -0.2) is 9.97 Å². The minimum Gasteiger partial charge on any atom is -0.387 e. The Morgan fingerprint density at radius 1 is 1.25 bits per heavy atom. The monoisotopic (exact) mass is 298 g/mol. The molecule has 2 rings (SSSR count). The molecule has 9 heteroatoms. The average molecular weight is 298 g/mol. The van der Waals surface area contributed by atoms with E-state index in [-0.39, 0.29) is 16.4 Å². The van der Waals surface area contributed by atoms with E-state index >= 15 is 0 Å². The van der Waals surface area contributed by atoms with Crippen LogP contribution in [0.1, 0.15) is 0 Å². The summed E-state index contributed by atoms with van der Waals surface area (Å²) in [6.07, 6.45) is 1.06. The standard InChI is InChI=1S/C11H11FN4O3S/c1-13-8-4-7(2-3-9(8)20(17,18)19)16-11-5-10(12)14-6-15-11/h2-6,13H,1H3,(H,14,15,16)(H,17,18,19). The highest BCUT2D eigenvalue weighted by atomic mass is 32.2. The van der Waals surface area contributed by atoms with Crippen molar-refractivity contribution in [3.63, 3.8) is 0 Å². The van der Waals surface area contributed by atoms with E-state index < -0.39 is 16.1 Å². The molecule has 7 nitrogen and oxygen atoms in total. The first-order valence-corrected chi connectivity index (χ1v) is 6.88.